The number of carboxylic acids is 1. The Morgan fingerprint density at radius 1 is 1.35 bits per heavy atom. The highest BCUT2D eigenvalue weighted by Gasteiger charge is 2.34. The van der Waals surface area contributed by atoms with Crippen molar-refractivity contribution in [1.82, 2.24) is 10.2 Å². The zero-order valence-corrected chi connectivity index (χ0v) is 10.5. The number of fused-ring (bicyclic) bond motifs is 1. The number of nitrogens with one attached hydrogen (secondary N) is 2. The quantitative estimate of drug-likeness (QED) is 0.779. The first-order chi connectivity index (χ1) is 9.65. The molecule has 1 aromatic heterocycles. The van der Waals surface area contributed by atoms with Gasteiger partial charge in [0.25, 0.3) is 5.91 Å². The van der Waals surface area contributed by atoms with Gasteiger partial charge in [-0.1, -0.05) is 12.1 Å². The van der Waals surface area contributed by atoms with Crippen LogP contribution in [0.1, 0.15) is 12.8 Å². The lowest BCUT2D eigenvalue weighted by molar-refractivity contribution is -0.150. The summed E-state index contributed by atoms with van der Waals surface area (Å²) in [4.78, 5) is 22.9. The molecule has 0 bridgehead atoms. The van der Waals surface area contributed by atoms with Gasteiger partial charge in [-0.25, -0.2) is 4.79 Å². The molecule has 1 aliphatic heterocycles. The van der Waals surface area contributed by atoms with E-state index in [2.05, 4.69) is 15.5 Å². The second kappa shape index (κ2) is 4.93. The summed E-state index contributed by atoms with van der Waals surface area (Å²) in [5, 5.41) is 19.2. The zero-order chi connectivity index (χ0) is 14.1. The number of amides is 1. The summed E-state index contributed by atoms with van der Waals surface area (Å²) < 4.78 is 5.21. The van der Waals surface area contributed by atoms with Gasteiger partial charge in [-0.15, -0.1) is 0 Å². The molecule has 3 rings (SSSR count). The lowest BCUT2D eigenvalue weighted by atomic mass is 10.2. The van der Waals surface area contributed by atoms with Gasteiger partial charge in [-0.05, 0) is 18.9 Å². The second-order valence-corrected chi connectivity index (χ2v) is 4.66. The van der Waals surface area contributed by atoms with Crippen LogP contribution in [-0.4, -0.2) is 39.4 Å². The molecule has 104 valence electrons. The number of hydrogen-bond donors (Lipinski definition) is 3. The third-order valence-electron chi connectivity index (χ3n) is 3.32. The number of aromatic amines is 1. The van der Waals surface area contributed by atoms with Crippen molar-refractivity contribution in [2.75, 3.05) is 5.32 Å². The van der Waals surface area contributed by atoms with E-state index in [4.69, 9.17) is 9.84 Å². The fourth-order valence-electron chi connectivity index (χ4n) is 2.30. The molecular formula is C13H13N3O4. The van der Waals surface area contributed by atoms with Crippen molar-refractivity contribution in [3.63, 3.8) is 0 Å². The van der Waals surface area contributed by atoms with E-state index in [9.17, 15) is 9.59 Å². The van der Waals surface area contributed by atoms with Crippen molar-refractivity contribution in [2.24, 2.45) is 0 Å². The number of carbonyl (C=O) groups excluding carboxylic acids is 1. The Labute approximate surface area is 113 Å². The fourth-order valence-corrected chi connectivity index (χ4v) is 2.30. The van der Waals surface area contributed by atoms with Gasteiger partial charge in [0.05, 0.1) is 17.4 Å². The number of para-hydroxylation sites is 1. The average molecular weight is 275 g/mol. The van der Waals surface area contributed by atoms with Crippen molar-refractivity contribution < 1.29 is 19.4 Å². The highest BCUT2D eigenvalue weighted by Crippen LogP contribution is 2.24. The van der Waals surface area contributed by atoms with Crippen molar-refractivity contribution in [3.05, 3.63) is 24.4 Å². The number of benzene rings is 1. The molecule has 2 heterocycles. The largest absolute Gasteiger partial charge is 0.479 e. The molecule has 0 radical (unpaired) electrons. The third-order valence-corrected chi connectivity index (χ3v) is 3.32. The average Bonchev–Trinajstić information content (AvgIpc) is 3.08. The van der Waals surface area contributed by atoms with Gasteiger partial charge >= 0.3 is 5.97 Å². The number of carboxylic acid groups (broad SMARTS) is 1. The first-order valence-electron chi connectivity index (χ1n) is 6.26. The van der Waals surface area contributed by atoms with Crippen LogP contribution in [0.15, 0.2) is 24.4 Å². The summed E-state index contributed by atoms with van der Waals surface area (Å²) in [6, 6.07) is 5.44. The Morgan fingerprint density at radius 3 is 2.90 bits per heavy atom. The molecule has 20 heavy (non-hydrogen) atoms. The van der Waals surface area contributed by atoms with Crippen LogP contribution in [0.2, 0.25) is 0 Å². The first-order valence-corrected chi connectivity index (χ1v) is 6.26. The van der Waals surface area contributed by atoms with Crippen LogP contribution in [-0.2, 0) is 14.3 Å². The number of aliphatic carboxylic acids is 1. The van der Waals surface area contributed by atoms with Gasteiger partial charge in [0, 0.05) is 5.39 Å². The van der Waals surface area contributed by atoms with E-state index in [0.29, 0.717) is 18.5 Å². The van der Waals surface area contributed by atoms with E-state index in [-0.39, 0.29) is 5.91 Å². The predicted molar refractivity (Wildman–Crippen MR) is 70.3 cm³/mol. The minimum atomic E-state index is -1.03. The highest BCUT2D eigenvalue weighted by molar-refractivity contribution is 6.02. The number of nitrogens with zero attached hydrogens (tertiary/aromatic N) is 1. The maximum atomic E-state index is 12.1. The highest BCUT2D eigenvalue weighted by atomic mass is 16.5. The number of carbonyl (C=O) groups is 2. The minimum Gasteiger partial charge on any atom is -0.479 e. The number of H-pyrrole nitrogens is 1. The van der Waals surface area contributed by atoms with Gasteiger partial charge in [-0.3, -0.25) is 9.89 Å². The SMILES string of the molecule is O=C(O)C1CCC(C(=O)Nc2cccc3cn[nH]c23)O1. The third kappa shape index (κ3) is 2.23. The number of hydrogen-bond acceptors (Lipinski definition) is 4. The normalized spacial score (nSPS) is 22.0. The number of ether oxygens (including phenoxy) is 1. The summed E-state index contributed by atoms with van der Waals surface area (Å²) in [7, 11) is 0. The maximum Gasteiger partial charge on any atom is 0.332 e. The molecule has 1 aliphatic rings. The van der Waals surface area contributed by atoms with Crippen molar-refractivity contribution in [3.8, 4) is 0 Å². The zero-order valence-electron chi connectivity index (χ0n) is 10.5. The summed E-state index contributed by atoms with van der Waals surface area (Å²) >= 11 is 0. The molecule has 1 aromatic carbocycles. The van der Waals surface area contributed by atoms with Crippen molar-refractivity contribution >= 4 is 28.5 Å². The van der Waals surface area contributed by atoms with E-state index >= 15 is 0 Å². The summed E-state index contributed by atoms with van der Waals surface area (Å²) in [6.07, 6.45) is 0.795. The van der Waals surface area contributed by atoms with E-state index in [1.165, 1.54) is 0 Å². The molecule has 2 unspecified atom stereocenters. The lowest BCUT2D eigenvalue weighted by Crippen LogP contribution is -2.30. The van der Waals surface area contributed by atoms with Gasteiger partial charge in [0.1, 0.15) is 6.10 Å². The Balaban J connectivity index is 1.73. The van der Waals surface area contributed by atoms with Crippen LogP contribution in [0.25, 0.3) is 10.9 Å². The Kier molecular flexibility index (Phi) is 3.11. The summed E-state index contributed by atoms with van der Waals surface area (Å²) in [5.41, 5.74) is 1.33. The maximum absolute atomic E-state index is 12.1. The Hall–Kier alpha value is -2.41. The molecule has 2 aromatic rings. The fraction of sp³-hybridized carbons (Fsp3) is 0.308. The lowest BCUT2D eigenvalue weighted by Gasteiger charge is -2.12. The van der Waals surface area contributed by atoms with Gasteiger partial charge in [0.2, 0.25) is 0 Å². The van der Waals surface area contributed by atoms with Gasteiger partial charge in [-0.2, -0.15) is 5.10 Å². The molecule has 1 fully saturated rings. The van der Waals surface area contributed by atoms with Crippen LogP contribution < -0.4 is 5.32 Å². The van der Waals surface area contributed by atoms with E-state index in [1.54, 1.807) is 12.3 Å². The van der Waals surface area contributed by atoms with Gasteiger partial charge < -0.3 is 15.2 Å². The number of anilines is 1. The van der Waals surface area contributed by atoms with Crippen molar-refractivity contribution in [1.29, 1.82) is 0 Å². The number of rotatable bonds is 3. The molecule has 7 nitrogen and oxygen atoms in total. The molecule has 2 atom stereocenters. The monoisotopic (exact) mass is 275 g/mol. The Bertz CT molecular complexity index is 666. The van der Waals surface area contributed by atoms with Crippen LogP contribution in [0, 0.1) is 0 Å². The van der Waals surface area contributed by atoms with E-state index in [0.717, 1.165) is 10.9 Å². The summed E-state index contributed by atoms with van der Waals surface area (Å²) in [5.74, 6) is -1.37. The van der Waals surface area contributed by atoms with Crippen LogP contribution in [0.5, 0.6) is 0 Å². The smallest absolute Gasteiger partial charge is 0.332 e. The molecule has 0 aliphatic carbocycles. The first kappa shape index (κ1) is 12.6. The van der Waals surface area contributed by atoms with E-state index < -0.39 is 18.2 Å². The van der Waals surface area contributed by atoms with E-state index in [1.807, 2.05) is 12.1 Å². The molecule has 7 heteroatoms. The predicted octanol–water partition coefficient (Wildman–Crippen LogP) is 1.13. The number of aromatic nitrogens is 2. The standard InChI is InChI=1S/C13H13N3O4/c17-12(9-4-5-10(20-9)13(18)19)15-8-3-1-2-7-6-14-16-11(7)8/h1-3,6,9-10H,4-5H2,(H,14,16)(H,15,17)(H,18,19). The van der Waals surface area contributed by atoms with Crippen LogP contribution in [0.4, 0.5) is 5.69 Å². The molecule has 1 saturated heterocycles. The second-order valence-electron chi connectivity index (χ2n) is 4.66. The van der Waals surface area contributed by atoms with Crippen LogP contribution >= 0.6 is 0 Å². The molecular weight excluding hydrogens is 262 g/mol. The Morgan fingerprint density at radius 2 is 2.15 bits per heavy atom. The van der Waals surface area contributed by atoms with Crippen molar-refractivity contribution in [2.45, 2.75) is 25.0 Å². The molecule has 3 N–H and O–H groups in total. The molecule has 0 spiro atoms. The summed E-state index contributed by atoms with van der Waals surface area (Å²) in [6.45, 7) is 0. The van der Waals surface area contributed by atoms with Gasteiger partial charge in [0.15, 0.2) is 6.10 Å². The minimum absolute atomic E-state index is 0.337. The van der Waals surface area contributed by atoms with Crippen LogP contribution in [0.3, 0.4) is 0 Å². The topological polar surface area (TPSA) is 104 Å². The molecule has 1 amide bonds. The molecule has 0 saturated carbocycles.